The molecule has 0 aliphatic rings. The number of rotatable bonds is 7. The van der Waals surface area contributed by atoms with Gasteiger partial charge in [0.2, 0.25) is 0 Å². The zero-order valence-electron chi connectivity index (χ0n) is 12.5. The van der Waals surface area contributed by atoms with E-state index in [1.807, 2.05) is 24.3 Å². The number of aromatic amines is 1. The third-order valence-corrected chi connectivity index (χ3v) is 3.86. The second kappa shape index (κ2) is 9.19. The molecule has 0 radical (unpaired) electrons. The summed E-state index contributed by atoms with van der Waals surface area (Å²) in [5.41, 5.74) is 1.72. The number of carbonyl (C=O) groups excluding carboxylic acids is 2. The fourth-order valence-electron chi connectivity index (χ4n) is 1.85. The topological polar surface area (TPSA) is 95.1 Å². The first-order valence-corrected chi connectivity index (χ1v) is 7.52. The van der Waals surface area contributed by atoms with Crippen molar-refractivity contribution in [3.05, 3.63) is 24.3 Å². The van der Waals surface area contributed by atoms with Crippen molar-refractivity contribution < 1.29 is 49.0 Å². The molecule has 1 heterocycles. The maximum atomic E-state index is 11.7. The summed E-state index contributed by atoms with van der Waals surface area (Å²) in [6, 6.07) is 7.55. The zero-order valence-corrected chi connectivity index (χ0v) is 15.3. The molecule has 1 unspecified atom stereocenters. The first kappa shape index (κ1) is 19.0. The minimum atomic E-state index is -1.27. The quantitative estimate of drug-likeness (QED) is 0.358. The number of thioether (sulfide) groups is 1. The Morgan fingerprint density at radius 2 is 2.14 bits per heavy atom. The molecule has 1 N–H and O–H groups in total. The summed E-state index contributed by atoms with van der Waals surface area (Å²) in [6.45, 7) is 1.90. The van der Waals surface area contributed by atoms with E-state index in [1.165, 1.54) is 11.8 Å². The number of esters is 1. The molecule has 112 valence electrons. The molecule has 1 aromatic heterocycles. The van der Waals surface area contributed by atoms with Crippen LogP contribution in [0.15, 0.2) is 29.4 Å². The molecule has 22 heavy (non-hydrogen) atoms. The van der Waals surface area contributed by atoms with Crippen molar-refractivity contribution in [1.29, 1.82) is 0 Å². The largest absolute Gasteiger partial charge is 1.00 e. The van der Waals surface area contributed by atoms with Gasteiger partial charge in [-0.05, 0) is 19.1 Å². The Hall–Kier alpha value is -1.02. The number of carboxylic acids is 1. The molecular weight excluding hydrogens is 315 g/mol. The van der Waals surface area contributed by atoms with Crippen LogP contribution in [0.3, 0.4) is 0 Å². The molecule has 2 rings (SSSR count). The Balaban J connectivity index is 0.00000242. The number of aliphatic carboxylic acids is 1. The monoisotopic (exact) mass is 330 g/mol. The number of nitrogens with zero attached hydrogens (tertiary/aromatic N) is 1. The molecule has 0 aliphatic heterocycles. The molecule has 6 nitrogen and oxygen atoms in total. The van der Waals surface area contributed by atoms with Gasteiger partial charge in [-0.3, -0.25) is 4.79 Å². The number of H-pyrrole nitrogens is 1. The van der Waals surface area contributed by atoms with E-state index in [0.717, 1.165) is 11.0 Å². The van der Waals surface area contributed by atoms with Crippen molar-refractivity contribution in [3.63, 3.8) is 0 Å². The van der Waals surface area contributed by atoms with E-state index in [4.69, 9.17) is 4.74 Å². The maximum absolute atomic E-state index is 11.7. The summed E-state index contributed by atoms with van der Waals surface area (Å²) in [5.74, 6) is -2.26. The minimum absolute atomic E-state index is 0. The maximum Gasteiger partial charge on any atom is 1.00 e. The molecule has 0 aliphatic carbocycles. The van der Waals surface area contributed by atoms with Gasteiger partial charge in [-0.15, -0.1) is 0 Å². The molecule has 0 amide bonds. The van der Waals surface area contributed by atoms with Crippen molar-refractivity contribution >= 4 is 34.7 Å². The van der Waals surface area contributed by atoms with E-state index in [9.17, 15) is 14.7 Å². The molecule has 8 heteroatoms. The van der Waals surface area contributed by atoms with Crippen LogP contribution in [0.4, 0.5) is 0 Å². The second-order valence-corrected chi connectivity index (χ2v) is 5.40. The fraction of sp³-hybridized carbons (Fsp3) is 0.357. The second-order valence-electron chi connectivity index (χ2n) is 4.40. The van der Waals surface area contributed by atoms with E-state index < -0.39 is 17.9 Å². The number of imidazole rings is 1. The van der Waals surface area contributed by atoms with Crippen LogP contribution in [-0.4, -0.2) is 34.3 Å². The first-order chi connectivity index (χ1) is 10.1. The molecule has 0 saturated carbocycles. The van der Waals surface area contributed by atoms with Crippen LogP contribution in [0.5, 0.6) is 0 Å². The van der Waals surface area contributed by atoms with E-state index >= 15 is 0 Å². The van der Waals surface area contributed by atoms with Gasteiger partial charge in [0.05, 0.1) is 23.6 Å². The summed E-state index contributed by atoms with van der Waals surface area (Å²) in [4.78, 5) is 29.9. The Morgan fingerprint density at radius 1 is 1.41 bits per heavy atom. The van der Waals surface area contributed by atoms with Gasteiger partial charge in [0.1, 0.15) is 0 Å². The zero-order chi connectivity index (χ0) is 15.2. The number of hydrogen-bond donors (Lipinski definition) is 1. The van der Waals surface area contributed by atoms with Gasteiger partial charge in [-0.25, -0.2) is 4.98 Å². The number of hydrogen-bond acceptors (Lipinski definition) is 6. The van der Waals surface area contributed by atoms with Crippen LogP contribution < -0.4 is 34.7 Å². The van der Waals surface area contributed by atoms with Crippen LogP contribution >= 0.6 is 11.8 Å². The van der Waals surface area contributed by atoms with Gasteiger partial charge in [-0.2, -0.15) is 0 Å². The number of ether oxygens (including phenoxy) is 1. The molecule has 1 aromatic carbocycles. The van der Waals surface area contributed by atoms with Gasteiger partial charge in [0.15, 0.2) is 5.16 Å². The third-order valence-electron chi connectivity index (χ3n) is 2.82. The van der Waals surface area contributed by atoms with Crippen LogP contribution in [0, 0.1) is 5.92 Å². The van der Waals surface area contributed by atoms with Crippen LogP contribution in [0.2, 0.25) is 0 Å². The summed E-state index contributed by atoms with van der Waals surface area (Å²) < 4.78 is 4.88. The molecule has 0 spiro atoms. The molecule has 0 saturated heterocycles. The van der Waals surface area contributed by atoms with Gasteiger partial charge >= 0.3 is 35.5 Å². The average molecular weight is 330 g/mol. The van der Waals surface area contributed by atoms with E-state index in [2.05, 4.69) is 9.97 Å². The Kier molecular flexibility index (Phi) is 7.95. The Morgan fingerprint density at radius 3 is 2.77 bits per heavy atom. The standard InChI is InChI=1S/C14H16N2O4S.Na/c1-2-20-13(19)9(7-12(17)18)8-21-14-15-10-5-3-4-6-11(10)16-14;/h3-6,9H,2,7-8H2,1H3,(H,15,16)(H,17,18);/q;+1/p-1. The number of fused-ring (bicyclic) bond motifs is 1. The summed E-state index contributed by atoms with van der Waals surface area (Å²) in [6.07, 6.45) is -0.355. The number of para-hydroxylation sites is 2. The molecular formula is C14H15N2NaO4S. The summed E-state index contributed by atoms with van der Waals surface area (Å²) in [5, 5.41) is 11.4. The molecule has 0 fully saturated rings. The molecule has 2 aromatic rings. The van der Waals surface area contributed by atoms with Gasteiger partial charge in [0, 0.05) is 18.1 Å². The smallest absolute Gasteiger partial charge is 0.550 e. The van der Waals surface area contributed by atoms with Crippen molar-refractivity contribution in [2.75, 3.05) is 12.4 Å². The van der Waals surface area contributed by atoms with E-state index in [-0.39, 0.29) is 48.3 Å². The predicted octanol–water partition coefficient (Wildman–Crippen LogP) is -2.02. The number of carboxylic acid groups (broad SMARTS) is 1. The van der Waals surface area contributed by atoms with Crippen LogP contribution in [-0.2, 0) is 14.3 Å². The van der Waals surface area contributed by atoms with Gasteiger partial charge < -0.3 is 19.6 Å². The predicted molar refractivity (Wildman–Crippen MR) is 76.6 cm³/mol. The van der Waals surface area contributed by atoms with Gasteiger partial charge in [-0.1, -0.05) is 23.9 Å². The average Bonchev–Trinajstić information content (AvgIpc) is 2.86. The minimum Gasteiger partial charge on any atom is -0.550 e. The molecule has 1 atom stereocenters. The number of nitrogens with one attached hydrogen (secondary N) is 1. The van der Waals surface area contributed by atoms with Crippen LogP contribution in [0.25, 0.3) is 11.0 Å². The number of carbonyl (C=O) groups is 2. The van der Waals surface area contributed by atoms with E-state index in [1.54, 1.807) is 6.92 Å². The first-order valence-electron chi connectivity index (χ1n) is 6.54. The Labute approximate surface area is 154 Å². The van der Waals surface area contributed by atoms with Crippen molar-refractivity contribution in [1.82, 2.24) is 9.97 Å². The third kappa shape index (κ3) is 5.31. The van der Waals surface area contributed by atoms with Crippen molar-refractivity contribution in [3.8, 4) is 0 Å². The SMILES string of the molecule is CCOC(=O)C(CSc1nc2ccccc2[nH]1)CC(=O)[O-].[Na+]. The van der Waals surface area contributed by atoms with Crippen molar-refractivity contribution in [2.24, 2.45) is 5.92 Å². The summed E-state index contributed by atoms with van der Waals surface area (Å²) >= 11 is 1.29. The van der Waals surface area contributed by atoms with Gasteiger partial charge in [0.25, 0.3) is 0 Å². The van der Waals surface area contributed by atoms with Crippen LogP contribution in [0.1, 0.15) is 13.3 Å². The van der Waals surface area contributed by atoms with Crippen molar-refractivity contribution in [2.45, 2.75) is 18.5 Å². The Bertz CT molecular complexity index is 614. The fourth-order valence-corrected chi connectivity index (χ4v) is 2.81. The number of benzene rings is 1. The van der Waals surface area contributed by atoms with E-state index in [0.29, 0.717) is 5.16 Å². The summed E-state index contributed by atoms with van der Waals surface area (Å²) in [7, 11) is 0. The normalized spacial score (nSPS) is 11.7. The molecule has 0 bridgehead atoms. The number of aromatic nitrogens is 2.